The van der Waals surface area contributed by atoms with Crippen molar-refractivity contribution in [3.8, 4) is 0 Å². The van der Waals surface area contributed by atoms with Crippen LogP contribution in [0.25, 0.3) is 0 Å². The van der Waals surface area contributed by atoms with E-state index in [-0.39, 0.29) is 5.97 Å². The Morgan fingerprint density at radius 1 is 1.47 bits per heavy atom. The molecule has 0 spiro atoms. The van der Waals surface area contributed by atoms with Crippen molar-refractivity contribution in [3.05, 3.63) is 0 Å². The SMILES string of the molecule is COC(=O)C(N)CN1CC(C)CC(C)C1. The van der Waals surface area contributed by atoms with Gasteiger partial charge in [0.2, 0.25) is 0 Å². The molecule has 0 bridgehead atoms. The quantitative estimate of drug-likeness (QED) is 0.694. The van der Waals surface area contributed by atoms with Crippen molar-refractivity contribution in [2.45, 2.75) is 26.3 Å². The monoisotopic (exact) mass is 214 g/mol. The lowest BCUT2D eigenvalue weighted by Crippen LogP contribution is -2.48. The molecule has 15 heavy (non-hydrogen) atoms. The van der Waals surface area contributed by atoms with E-state index < -0.39 is 6.04 Å². The number of likely N-dealkylation sites (tertiary alicyclic amines) is 1. The zero-order valence-electron chi connectivity index (χ0n) is 9.90. The molecule has 4 nitrogen and oxygen atoms in total. The lowest BCUT2D eigenvalue weighted by molar-refractivity contribution is -0.142. The largest absolute Gasteiger partial charge is 0.468 e. The first-order chi connectivity index (χ1) is 7.02. The van der Waals surface area contributed by atoms with Crippen LogP contribution in [0.2, 0.25) is 0 Å². The zero-order chi connectivity index (χ0) is 11.4. The van der Waals surface area contributed by atoms with Crippen molar-refractivity contribution in [2.24, 2.45) is 17.6 Å². The second kappa shape index (κ2) is 5.47. The van der Waals surface area contributed by atoms with Crippen molar-refractivity contribution >= 4 is 5.97 Å². The summed E-state index contributed by atoms with van der Waals surface area (Å²) in [6.45, 7) is 7.17. The molecule has 1 aliphatic rings. The molecule has 2 N–H and O–H groups in total. The van der Waals surface area contributed by atoms with E-state index in [1.165, 1.54) is 13.5 Å². The van der Waals surface area contributed by atoms with Crippen LogP contribution in [-0.4, -0.2) is 43.7 Å². The maximum absolute atomic E-state index is 11.2. The zero-order valence-corrected chi connectivity index (χ0v) is 9.90. The Bertz CT molecular complexity index is 211. The lowest BCUT2D eigenvalue weighted by atomic mass is 9.92. The summed E-state index contributed by atoms with van der Waals surface area (Å²) < 4.78 is 4.62. The van der Waals surface area contributed by atoms with E-state index in [9.17, 15) is 4.79 Å². The fourth-order valence-corrected chi connectivity index (χ4v) is 2.45. The summed E-state index contributed by atoms with van der Waals surface area (Å²) in [5.41, 5.74) is 5.73. The lowest BCUT2D eigenvalue weighted by Gasteiger charge is -2.35. The predicted octanol–water partition coefficient (Wildman–Crippen LogP) is 0.465. The summed E-state index contributed by atoms with van der Waals surface area (Å²) in [5, 5.41) is 0. The van der Waals surface area contributed by atoms with Gasteiger partial charge in [0.15, 0.2) is 0 Å². The number of hydrogen-bond donors (Lipinski definition) is 1. The molecule has 3 atom stereocenters. The van der Waals surface area contributed by atoms with E-state index >= 15 is 0 Å². The first-order valence-electron chi connectivity index (χ1n) is 5.58. The second-order valence-electron chi connectivity index (χ2n) is 4.79. The molecular weight excluding hydrogens is 192 g/mol. The minimum absolute atomic E-state index is 0.319. The molecule has 1 fully saturated rings. The molecule has 3 unspecified atom stereocenters. The van der Waals surface area contributed by atoms with Crippen LogP contribution in [0.1, 0.15) is 20.3 Å². The van der Waals surface area contributed by atoms with Crippen molar-refractivity contribution in [3.63, 3.8) is 0 Å². The fraction of sp³-hybridized carbons (Fsp3) is 0.909. The minimum atomic E-state index is -0.507. The first kappa shape index (κ1) is 12.5. The summed E-state index contributed by atoms with van der Waals surface area (Å²) in [5.74, 6) is 1.07. The number of rotatable bonds is 3. The van der Waals surface area contributed by atoms with Crippen LogP contribution in [0.5, 0.6) is 0 Å². The van der Waals surface area contributed by atoms with Crippen LogP contribution in [0.3, 0.4) is 0 Å². The average Bonchev–Trinajstić information content (AvgIpc) is 2.14. The van der Waals surface area contributed by atoms with Crippen LogP contribution in [0, 0.1) is 11.8 Å². The molecule has 1 rings (SSSR count). The van der Waals surface area contributed by atoms with Crippen molar-refractivity contribution < 1.29 is 9.53 Å². The number of hydrogen-bond acceptors (Lipinski definition) is 4. The van der Waals surface area contributed by atoms with Crippen LogP contribution in [0.15, 0.2) is 0 Å². The van der Waals surface area contributed by atoms with Gasteiger partial charge in [-0.15, -0.1) is 0 Å². The molecule has 0 aromatic rings. The highest BCUT2D eigenvalue weighted by Crippen LogP contribution is 2.20. The van der Waals surface area contributed by atoms with Gasteiger partial charge in [0.25, 0.3) is 0 Å². The fourth-order valence-electron chi connectivity index (χ4n) is 2.45. The van der Waals surface area contributed by atoms with Gasteiger partial charge in [-0.2, -0.15) is 0 Å². The summed E-state index contributed by atoms with van der Waals surface area (Å²) in [6.07, 6.45) is 1.27. The maximum atomic E-state index is 11.2. The molecule has 0 aliphatic carbocycles. The Balaban J connectivity index is 2.40. The van der Waals surface area contributed by atoms with Gasteiger partial charge in [0.1, 0.15) is 6.04 Å². The van der Waals surface area contributed by atoms with E-state index in [0.29, 0.717) is 18.4 Å². The Hall–Kier alpha value is -0.610. The smallest absolute Gasteiger partial charge is 0.323 e. The third kappa shape index (κ3) is 3.80. The molecule has 0 aromatic carbocycles. The summed E-state index contributed by atoms with van der Waals surface area (Å²) in [4.78, 5) is 13.4. The van der Waals surface area contributed by atoms with Gasteiger partial charge in [0, 0.05) is 19.6 Å². The predicted molar refractivity (Wildman–Crippen MR) is 59.4 cm³/mol. The van der Waals surface area contributed by atoms with E-state index in [4.69, 9.17) is 5.73 Å². The van der Waals surface area contributed by atoms with Crippen LogP contribution in [0.4, 0.5) is 0 Å². The van der Waals surface area contributed by atoms with Crippen LogP contribution >= 0.6 is 0 Å². The third-order valence-electron chi connectivity index (χ3n) is 2.90. The van der Waals surface area contributed by atoms with Gasteiger partial charge in [0.05, 0.1) is 7.11 Å². The van der Waals surface area contributed by atoms with E-state index in [1.807, 2.05) is 0 Å². The molecule has 0 amide bonds. The number of nitrogens with two attached hydrogens (primary N) is 1. The highest BCUT2D eigenvalue weighted by atomic mass is 16.5. The number of esters is 1. The molecule has 1 heterocycles. The van der Waals surface area contributed by atoms with Crippen LogP contribution in [-0.2, 0) is 9.53 Å². The molecule has 0 radical (unpaired) electrons. The molecule has 4 heteroatoms. The number of nitrogens with zero attached hydrogens (tertiary/aromatic N) is 1. The molecule has 1 saturated heterocycles. The summed E-state index contributed by atoms with van der Waals surface area (Å²) >= 11 is 0. The van der Waals surface area contributed by atoms with Crippen LogP contribution < -0.4 is 5.73 Å². The van der Waals surface area contributed by atoms with Gasteiger partial charge in [-0.1, -0.05) is 13.8 Å². The van der Waals surface area contributed by atoms with E-state index in [2.05, 4.69) is 23.5 Å². The van der Waals surface area contributed by atoms with Gasteiger partial charge < -0.3 is 15.4 Å². The molecule has 0 aromatic heterocycles. The van der Waals surface area contributed by atoms with Crippen molar-refractivity contribution in [2.75, 3.05) is 26.7 Å². The van der Waals surface area contributed by atoms with Crippen molar-refractivity contribution in [1.82, 2.24) is 4.90 Å². The Morgan fingerprint density at radius 2 is 2.00 bits per heavy atom. The Labute approximate surface area is 91.8 Å². The molecule has 88 valence electrons. The topological polar surface area (TPSA) is 55.6 Å². The summed E-state index contributed by atoms with van der Waals surface area (Å²) in [7, 11) is 1.38. The van der Waals surface area contributed by atoms with Gasteiger partial charge in [-0.25, -0.2) is 0 Å². The number of carbonyl (C=O) groups excluding carboxylic acids is 1. The Morgan fingerprint density at radius 3 is 2.47 bits per heavy atom. The van der Waals surface area contributed by atoms with Gasteiger partial charge in [-0.3, -0.25) is 4.79 Å². The normalized spacial score (nSPS) is 29.9. The number of ether oxygens (including phenoxy) is 1. The minimum Gasteiger partial charge on any atom is -0.468 e. The third-order valence-corrected chi connectivity index (χ3v) is 2.90. The number of piperidine rings is 1. The van der Waals surface area contributed by atoms with E-state index in [0.717, 1.165) is 13.1 Å². The highest BCUT2D eigenvalue weighted by molar-refractivity contribution is 5.75. The second-order valence-corrected chi connectivity index (χ2v) is 4.79. The molecular formula is C11H22N2O2. The molecule has 0 saturated carbocycles. The maximum Gasteiger partial charge on any atom is 0.323 e. The highest BCUT2D eigenvalue weighted by Gasteiger charge is 2.25. The van der Waals surface area contributed by atoms with Crippen molar-refractivity contribution in [1.29, 1.82) is 0 Å². The number of carbonyl (C=O) groups is 1. The van der Waals surface area contributed by atoms with E-state index in [1.54, 1.807) is 0 Å². The first-order valence-corrected chi connectivity index (χ1v) is 5.58. The summed E-state index contributed by atoms with van der Waals surface area (Å²) in [6, 6.07) is -0.507. The standard InChI is InChI=1S/C11H22N2O2/c1-8-4-9(2)6-13(5-8)7-10(12)11(14)15-3/h8-10H,4-7,12H2,1-3H3. The Kier molecular flexibility index (Phi) is 4.54. The molecule has 1 aliphatic heterocycles. The average molecular weight is 214 g/mol. The number of methoxy groups -OCH3 is 1. The van der Waals surface area contributed by atoms with Gasteiger partial charge >= 0.3 is 5.97 Å². The van der Waals surface area contributed by atoms with Gasteiger partial charge in [-0.05, 0) is 18.3 Å².